The van der Waals surface area contributed by atoms with Crippen molar-refractivity contribution < 1.29 is 19.0 Å². The summed E-state index contributed by atoms with van der Waals surface area (Å²) in [5, 5.41) is 16.7. The van der Waals surface area contributed by atoms with Gasteiger partial charge in [0.05, 0.1) is 30.0 Å². The van der Waals surface area contributed by atoms with Crippen LogP contribution in [0.4, 0.5) is 15.8 Å². The second-order valence-corrected chi connectivity index (χ2v) is 11.0. The van der Waals surface area contributed by atoms with E-state index in [1.807, 2.05) is 11.5 Å². The van der Waals surface area contributed by atoms with Gasteiger partial charge >= 0.3 is 5.97 Å². The third kappa shape index (κ3) is 4.31. The second-order valence-electron chi connectivity index (χ2n) is 11.0. The Morgan fingerprint density at radius 2 is 2.02 bits per heavy atom. The largest absolute Gasteiger partial charge is 0.477 e. The zero-order valence-electron chi connectivity index (χ0n) is 23.2. The van der Waals surface area contributed by atoms with Crippen LogP contribution >= 0.6 is 0 Å². The van der Waals surface area contributed by atoms with Gasteiger partial charge in [0.15, 0.2) is 0 Å². The molecule has 3 N–H and O–H groups in total. The van der Waals surface area contributed by atoms with Gasteiger partial charge in [-0.25, -0.2) is 14.2 Å². The number of hydrogen-bond acceptors (Lipinski definition) is 8. The van der Waals surface area contributed by atoms with Crippen LogP contribution in [0.2, 0.25) is 0 Å². The van der Waals surface area contributed by atoms with Gasteiger partial charge in [0.1, 0.15) is 17.0 Å². The molecule has 1 atom stereocenters. The zero-order chi connectivity index (χ0) is 29.0. The summed E-state index contributed by atoms with van der Waals surface area (Å²) in [5.74, 6) is -1.60. The van der Waals surface area contributed by atoms with Gasteiger partial charge in [-0.15, -0.1) is 0 Å². The minimum absolute atomic E-state index is 0.00699. The van der Waals surface area contributed by atoms with E-state index in [9.17, 15) is 19.1 Å². The van der Waals surface area contributed by atoms with E-state index in [1.165, 1.54) is 12.3 Å². The number of ether oxygens (including phenoxy) is 1. The normalized spacial score (nSPS) is 17.9. The summed E-state index contributed by atoms with van der Waals surface area (Å²) < 4.78 is 22.4. The first-order chi connectivity index (χ1) is 20.4. The molecule has 0 saturated carbocycles. The van der Waals surface area contributed by atoms with Gasteiger partial charge in [-0.3, -0.25) is 9.78 Å². The highest BCUT2D eigenvalue weighted by Gasteiger charge is 2.32. The lowest BCUT2D eigenvalue weighted by Crippen LogP contribution is -2.37. The Morgan fingerprint density at radius 3 is 2.76 bits per heavy atom. The van der Waals surface area contributed by atoms with Crippen molar-refractivity contribution in [1.82, 2.24) is 19.9 Å². The summed E-state index contributed by atoms with van der Waals surface area (Å²) in [6.45, 7) is 6.49. The Kier molecular flexibility index (Phi) is 6.63. The summed E-state index contributed by atoms with van der Waals surface area (Å²) in [6.07, 6.45) is 6.31. The predicted octanol–water partition coefficient (Wildman–Crippen LogP) is 3.67. The fraction of sp³-hybridized carbons (Fsp3) is 0.355. The Morgan fingerprint density at radius 1 is 1.19 bits per heavy atom. The molecule has 7 rings (SSSR count). The van der Waals surface area contributed by atoms with Gasteiger partial charge < -0.3 is 29.9 Å². The minimum Gasteiger partial charge on any atom is -0.477 e. The van der Waals surface area contributed by atoms with E-state index < -0.39 is 11.4 Å². The van der Waals surface area contributed by atoms with E-state index in [-0.39, 0.29) is 22.8 Å². The molecule has 0 spiro atoms. The Bertz CT molecular complexity index is 1790. The van der Waals surface area contributed by atoms with E-state index in [0.29, 0.717) is 57.0 Å². The fourth-order valence-corrected chi connectivity index (χ4v) is 6.54. The van der Waals surface area contributed by atoms with Crippen molar-refractivity contribution in [3.63, 3.8) is 0 Å². The molecule has 11 heteroatoms. The van der Waals surface area contributed by atoms with Crippen LogP contribution in [-0.4, -0.2) is 71.5 Å². The van der Waals surface area contributed by atoms with Crippen LogP contribution in [0.5, 0.6) is 0 Å². The lowest BCUT2D eigenvalue weighted by molar-refractivity contribution is 0.0694. The number of nitrogens with one attached hydrogen (secondary N) is 2. The number of aromatic nitrogens is 3. The maximum Gasteiger partial charge on any atom is 0.341 e. The maximum atomic E-state index is 14.9. The van der Waals surface area contributed by atoms with Gasteiger partial charge in [0.2, 0.25) is 5.43 Å². The number of carboxylic acid groups (broad SMARTS) is 1. The highest BCUT2D eigenvalue weighted by Crippen LogP contribution is 2.49. The Labute approximate surface area is 241 Å². The second kappa shape index (κ2) is 10.5. The molecule has 3 aliphatic rings. The molecule has 3 aromatic heterocycles. The number of morpholine rings is 1. The average Bonchev–Trinajstić information content (AvgIpc) is 3.66. The number of pyridine rings is 3. The average molecular weight is 571 g/mol. The molecule has 42 heavy (non-hydrogen) atoms. The van der Waals surface area contributed by atoms with E-state index in [4.69, 9.17) is 14.7 Å². The summed E-state index contributed by atoms with van der Waals surface area (Å²) in [4.78, 5) is 37.3. The molecule has 4 aromatic rings. The highest BCUT2D eigenvalue weighted by atomic mass is 19.1. The van der Waals surface area contributed by atoms with Crippen LogP contribution in [0.1, 0.15) is 41.0 Å². The number of carbonyl (C=O) groups is 1. The lowest BCUT2D eigenvalue weighted by atomic mass is 9.97. The highest BCUT2D eigenvalue weighted by molar-refractivity contribution is 5.98. The van der Waals surface area contributed by atoms with Crippen LogP contribution < -0.4 is 21.0 Å². The molecule has 1 aromatic carbocycles. The van der Waals surface area contributed by atoms with Crippen molar-refractivity contribution in [3.05, 3.63) is 69.7 Å². The van der Waals surface area contributed by atoms with Crippen LogP contribution in [0, 0.1) is 5.82 Å². The molecular formula is C31H31FN6O4. The number of rotatable bonds is 6. The monoisotopic (exact) mass is 570 g/mol. The third-order valence-electron chi connectivity index (χ3n) is 8.49. The molecule has 2 fully saturated rings. The van der Waals surface area contributed by atoms with Crippen LogP contribution in [0.15, 0.2) is 41.6 Å². The van der Waals surface area contributed by atoms with Crippen LogP contribution in [-0.2, 0) is 11.2 Å². The Balaban J connectivity index is 1.47. The van der Waals surface area contributed by atoms with Crippen molar-refractivity contribution in [2.75, 3.05) is 56.2 Å². The van der Waals surface area contributed by atoms with Crippen molar-refractivity contribution in [2.24, 2.45) is 0 Å². The lowest BCUT2D eigenvalue weighted by Gasteiger charge is -2.32. The molecule has 0 amide bonds. The van der Waals surface area contributed by atoms with Gasteiger partial charge in [0.25, 0.3) is 0 Å². The van der Waals surface area contributed by atoms with E-state index in [2.05, 4.69) is 15.5 Å². The molecule has 1 aliphatic carbocycles. The first-order valence-electron chi connectivity index (χ1n) is 14.3. The van der Waals surface area contributed by atoms with Gasteiger partial charge in [0, 0.05) is 79.6 Å². The van der Waals surface area contributed by atoms with Crippen LogP contribution in [0.25, 0.3) is 33.3 Å². The first-order valence-corrected chi connectivity index (χ1v) is 14.3. The summed E-state index contributed by atoms with van der Waals surface area (Å²) in [6, 6.07) is 4.83. The third-order valence-corrected chi connectivity index (χ3v) is 8.49. The molecular weight excluding hydrogens is 539 g/mol. The molecule has 0 radical (unpaired) electrons. The number of hydrogen-bond donors (Lipinski definition) is 3. The molecule has 0 bridgehead atoms. The summed E-state index contributed by atoms with van der Waals surface area (Å²) in [5.41, 5.74) is 6.18. The quantitative estimate of drug-likeness (QED) is 0.281. The molecule has 1 unspecified atom stereocenters. The van der Waals surface area contributed by atoms with Crippen molar-refractivity contribution >= 4 is 28.4 Å². The Hall–Kier alpha value is -4.35. The number of nitrogens with zero attached hydrogens (tertiary/aromatic N) is 4. The van der Waals surface area contributed by atoms with Gasteiger partial charge in [-0.05, 0) is 49.2 Å². The zero-order valence-corrected chi connectivity index (χ0v) is 23.2. The first kappa shape index (κ1) is 26.5. The van der Waals surface area contributed by atoms with E-state index in [1.54, 1.807) is 24.5 Å². The van der Waals surface area contributed by atoms with E-state index >= 15 is 0 Å². The number of halogens is 1. The molecule has 216 valence electrons. The smallest absolute Gasteiger partial charge is 0.341 e. The minimum atomic E-state index is -1.27. The number of fused-ring (bicyclic) bond motifs is 4. The number of carboxylic acids is 1. The molecule has 10 nitrogen and oxygen atoms in total. The van der Waals surface area contributed by atoms with E-state index in [0.717, 1.165) is 52.3 Å². The predicted molar refractivity (Wildman–Crippen MR) is 158 cm³/mol. The van der Waals surface area contributed by atoms with Crippen molar-refractivity contribution in [3.8, 4) is 22.3 Å². The number of aromatic carboxylic acids is 1. The van der Waals surface area contributed by atoms with Gasteiger partial charge in [-0.2, -0.15) is 0 Å². The fourth-order valence-electron chi connectivity index (χ4n) is 6.54. The maximum absolute atomic E-state index is 14.9. The van der Waals surface area contributed by atoms with Crippen molar-refractivity contribution in [2.45, 2.75) is 25.8 Å². The topological polar surface area (TPSA) is 122 Å². The van der Waals surface area contributed by atoms with Gasteiger partial charge in [-0.1, -0.05) is 0 Å². The standard InChI is InChI=1S/C31H31FN6O4/c1-2-34-25-11-18(32)10-21-20(25)12-26-27(21)28(37-5-7-42-8-6-37)23(15-35-26)17-9-22-29(39)24(31(40)41)16-38(30(22)36-13-17)19-3-4-33-14-19/h9-11,13,15-16,19,33-34H,2-8,12,14H2,1H3,(H,40,41). The van der Waals surface area contributed by atoms with Crippen LogP contribution in [0.3, 0.4) is 0 Å². The summed E-state index contributed by atoms with van der Waals surface area (Å²) in [7, 11) is 0. The molecule has 5 heterocycles. The molecule has 2 aliphatic heterocycles. The number of benzene rings is 1. The molecule has 2 saturated heterocycles. The number of anilines is 2. The van der Waals surface area contributed by atoms with Crippen molar-refractivity contribution in [1.29, 1.82) is 0 Å². The SMILES string of the molecule is CCNc1cc(F)cc2c1Cc1ncc(-c3cnc4c(c3)c(=O)c(C(=O)O)cn4C3CCNC3)c(N3CCOCC3)c1-2. The summed E-state index contributed by atoms with van der Waals surface area (Å²) >= 11 is 0.